The molecule has 0 saturated heterocycles. The first-order chi connectivity index (χ1) is 7.56. The van der Waals surface area contributed by atoms with Crippen molar-refractivity contribution in [3.8, 4) is 0 Å². The molecule has 3 heteroatoms. The molecule has 1 aliphatic rings. The van der Waals surface area contributed by atoms with Crippen LogP contribution in [0.2, 0.25) is 0 Å². The van der Waals surface area contributed by atoms with E-state index in [1.165, 1.54) is 4.90 Å². The molecule has 0 radical (unpaired) electrons. The number of rotatable bonds is 2. The van der Waals surface area contributed by atoms with Crippen molar-refractivity contribution in [1.82, 2.24) is 4.90 Å². The smallest absolute Gasteiger partial charge is 0.261 e. The highest BCUT2D eigenvalue weighted by molar-refractivity contribution is 6.21. The molecule has 0 aliphatic carbocycles. The fourth-order valence-electron chi connectivity index (χ4n) is 2.00. The summed E-state index contributed by atoms with van der Waals surface area (Å²) in [5.74, 6) is -0.331. The topological polar surface area (TPSA) is 37.4 Å². The fraction of sp³-hybridized carbons (Fsp3) is 0.385. The Morgan fingerprint density at radius 2 is 1.75 bits per heavy atom. The second-order valence-corrected chi connectivity index (χ2v) is 4.31. The summed E-state index contributed by atoms with van der Waals surface area (Å²) in [4.78, 5) is 25.3. The maximum absolute atomic E-state index is 12.0. The lowest BCUT2D eigenvalue weighted by Gasteiger charge is -2.17. The second kappa shape index (κ2) is 3.74. The number of aryl methyl sites for hydroxylation is 1. The van der Waals surface area contributed by atoms with E-state index in [1.807, 2.05) is 32.9 Å². The predicted molar refractivity (Wildman–Crippen MR) is 61.5 cm³/mol. The lowest BCUT2D eigenvalue weighted by atomic mass is 10.0. The summed E-state index contributed by atoms with van der Waals surface area (Å²) in [6, 6.07) is 5.42. The van der Waals surface area contributed by atoms with E-state index in [2.05, 4.69) is 0 Å². The van der Waals surface area contributed by atoms with Crippen molar-refractivity contribution in [3.05, 3.63) is 34.9 Å². The minimum Gasteiger partial charge on any atom is -0.272 e. The van der Waals surface area contributed by atoms with Crippen LogP contribution in [0.1, 0.15) is 47.1 Å². The van der Waals surface area contributed by atoms with Crippen LogP contribution in [0, 0.1) is 0 Å². The summed E-state index contributed by atoms with van der Waals surface area (Å²) in [6.07, 6.45) is 0.871. The predicted octanol–water partition coefficient (Wildman–Crippen LogP) is 2.25. The molecule has 0 spiro atoms. The Morgan fingerprint density at radius 1 is 1.12 bits per heavy atom. The van der Waals surface area contributed by atoms with Crippen molar-refractivity contribution in [2.75, 3.05) is 0 Å². The van der Waals surface area contributed by atoms with Gasteiger partial charge in [0, 0.05) is 6.04 Å². The van der Waals surface area contributed by atoms with Crippen molar-refractivity contribution in [3.63, 3.8) is 0 Å². The molecule has 0 saturated carbocycles. The van der Waals surface area contributed by atoms with Gasteiger partial charge in [-0.2, -0.15) is 0 Å². The third-order valence-corrected chi connectivity index (χ3v) is 2.91. The van der Waals surface area contributed by atoms with Gasteiger partial charge in [-0.25, -0.2) is 0 Å². The van der Waals surface area contributed by atoms with E-state index in [4.69, 9.17) is 0 Å². The van der Waals surface area contributed by atoms with Crippen LogP contribution in [-0.2, 0) is 6.42 Å². The minimum absolute atomic E-state index is 0.0857. The number of carbonyl (C=O) groups is 2. The average molecular weight is 217 g/mol. The highest BCUT2D eigenvalue weighted by Crippen LogP contribution is 2.25. The van der Waals surface area contributed by atoms with Gasteiger partial charge in [-0.1, -0.05) is 13.0 Å². The molecule has 3 nitrogen and oxygen atoms in total. The molecule has 0 fully saturated rings. The number of carbonyl (C=O) groups excluding carboxylic acids is 2. The van der Waals surface area contributed by atoms with Gasteiger partial charge in [0.25, 0.3) is 11.8 Å². The van der Waals surface area contributed by atoms with Crippen LogP contribution in [0.5, 0.6) is 0 Å². The zero-order valence-corrected chi connectivity index (χ0v) is 9.78. The highest BCUT2D eigenvalue weighted by Gasteiger charge is 2.36. The molecule has 0 atom stereocenters. The molecule has 16 heavy (non-hydrogen) atoms. The van der Waals surface area contributed by atoms with E-state index in [0.717, 1.165) is 12.0 Å². The Kier molecular flexibility index (Phi) is 2.54. The summed E-state index contributed by atoms with van der Waals surface area (Å²) in [7, 11) is 0. The van der Waals surface area contributed by atoms with E-state index in [0.29, 0.717) is 11.1 Å². The molecule has 0 bridgehead atoms. The zero-order chi connectivity index (χ0) is 11.9. The van der Waals surface area contributed by atoms with E-state index < -0.39 is 0 Å². The largest absolute Gasteiger partial charge is 0.272 e. The maximum Gasteiger partial charge on any atom is 0.261 e. The summed E-state index contributed by atoms with van der Waals surface area (Å²) in [5, 5.41) is 0. The van der Waals surface area contributed by atoms with Crippen molar-refractivity contribution in [2.45, 2.75) is 33.2 Å². The summed E-state index contributed by atoms with van der Waals surface area (Å²) in [5.41, 5.74) is 2.18. The molecule has 0 N–H and O–H groups in total. The molecule has 84 valence electrons. The fourth-order valence-corrected chi connectivity index (χ4v) is 2.00. The van der Waals surface area contributed by atoms with Crippen LogP contribution in [-0.4, -0.2) is 22.8 Å². The van der Waals surface area contributed by atoms with Gasteiger partial charge < -0.3 is 0 Å². The van der Waals surface area contributed by atoms with Gasteiger partial charge in [0.15, 0.2) is 0 Å². The Bertz CT molecular complexity index is 463. The Hall–Kier alpha value is -1.64. The molecular formula is C13H15NO2. The van der Waals surface area contributed by atoms with E-state index in [9.17, 15) is 9.59 Å². The number of hydrogen-bond donors (Lipinski definition) is 0. The van der Waals surface area contributed by atoms with Crippen molar-refractivity contribution in [2.24, 2.45) is 0 Å². The first kappa shape index (κ1) is 10.9. The quantitative estimate of drug-likeness (QED) is 0.712. The van der Waals surface area contributed by atoms with Gasteiger partial charge in [-0.05, 0) is 38.0 Å². The third-order valence-electron chi connectivity index (χ3n) is 2.91. The molecule has 2 rings (SSSR count). The SMILES string of the molecule is CCc1ccc2c(c1)C(=O)N(C(C)C)C2=O. The van der Waals surface area contributed by atoms with Gasteiger partial charge in [-0.3, -0.25) is 14.5 Å². The summed E-state index contributed by atoms with van der Waals surface area (Å²) >= 11 is 0. The van der Waals surface area contributed by atoms with Gasteiger partial charge >= 0.3 is 0 Å². The van der Waals surface area contributed by atoms with Crippen molar-refractivity contribution >= 4 is 11.8 Å². The standard InChI is InChI=1S/C13H15NO2/c1-4-9-5-6-10-11(7-9)13(16)14(8(2)3)12(10)15/h5-8H,4H2,1-3H3. The zero-order valence-electron chi connectivity index (χ0n) is 9.78. The highest BCUT2D eigenvalue weighted by atomic mass is 16.2. The molecule has 1 aromatic rings. The molecular weight excluding hydrogens is 202 g/mol. The van der Waals surface area contributed by atoms with Gasteiger partial charge in [0.1, 0.15) is 0 Å². The van der Waals surface area contributed by atoms with Crippen molar-refractivity contribution < 1.29 is 9.59 Å². The number of fused-ring (bicyclic) bond motifs is 1. The number of imide groups is 1. The molecule has 1 heterocycles. The first-order valence-electron chi connectivity index (χ1n) is 5.57. The third kappa shape index (κ3) is 1.43. The molecule has 2 amide bonds. The summed E-state index contributed by atoms with van der Waals surface area (Å²) < 4.78 is 0. The molecule has 1 aromatic carbocycles. The van der Waals surface area contributed by atoms with E-state index >= 15 is 0 Å². The molecule has 0 unspecified atom stereocenters. The number of amides is 2. The lowest BCUT2D eigenvalue weighted by molar-refractivity contribution is 0.0609. The number of benzene rings is 1. The minimum atomic E-state index is -0.169. The van der Waals surface area contributed by atoms with Gasteiger partial charge in [0.2, 0.25) is 0 Å². The first-order valence-corrected chi connectivity index (χ1v) is 5.57. The van der Waals surface area contributed by atoms with Crippen LogP contribution in [0.25, 0.3) is 0 Å². The number of nitrogens with zero attached hydrogens (tertiary/aromatic N) is 1. The monoisotopic (exact) mass is 217 g/mol. The van der Waals surface area contributed by atoms with E-state index in [-0.39, 0.29) is 17.9 Å². The van der Waals surface area contributed by atoms with Crippen LogP contribution >= 0.6 is 0 Å². The van der Waals surface area contributed by atoms with Gasteiger partial charge in [-0.15, -0.1) is 0 Å². The van der Waals surface area contributed by atoms with Crippen LogP contribution in [0.4, 0.5) is 0 Å². The Labute approximate surface area is 95.1 Å². The van der Waals surface area contributed by atoms with Crippen LogP contribution in [0.3, 0.4) is 0 Å². The molecule has 1 aliphatic heterocycles. The average Bonchev–Trinajstić information content (AvgIpc) is 2.51. The number of hydrogen-bond acceptors (Lipinski definition) is 2. The van der Waals surface area contributed by atoms with Crippen LogP contribution in [0.15, 0.2) is 18.2 Å². The van der Waals surface area contributed by atoms with Gasteiger partial charge in [0.05, 0.1) is 11.1 Å². The van der Waals surface area contributed by atoms with Crippen LogP contribution < -0.4 is 0 Å². The lowest BCUT2D eigenvalue weighted by Crippen LogP contribution is -2.35. The Balaban J connectivity index is 2.51. The molecule has 0 aromatic heterocycles. The van der Waals surface area contributed by atoms with Crippen molar-refractivity contribution in [1.29, 1.82) is 0 Å². The normalized spacial score (nSPS) is 14.9. The Morgan fingerprint density at radius 3 is 2.31 bits per heavy atom. The second-order valence-electron chi connectivity index (χ2n) is 4.31. The maximum atomic E-state index is 12.0. The summed E-state index contributed by atoms with van der Waals surface area (Å²) in [6.45, 7) is 5.73. The van der Waals surface area contributed by atoms with E-state index in [1.54, 1.807) is 6.07 Å².